The molecule has 1 amide bonds. The fraction of sp³-hybridized carbons (Fsp3) is 0.391. The maximum Gasteiger partial charge on any atom is 0.224 e. The zero-order chi connectivity index (χ0) is 19.7. The van der Waals surface area contributed by atoms with Crippen LogP contribution >= 0.6 is 0 Å². The second-order valence-corrected chi connectivity index (χ2v) is 8.09. The number of hydrogen-bond acceptors (Lipinski definition) is 3. The van der Waals surface area contributed by atoms with Crippen LogP contribution in [0.2, 0.25) is 0 Å². The first-order valence-electron chi connectivity index (χ1n) is 10.1. The number of nitrogens with zero attached hydrogens (tertiary/aromatic N) is 3. The molecule has 1 aromatic heterocycles. The molecule has 0 radical (unpaired) electrons. The minimum absolute atomic E-state index is 0.0567. The van der Waals surface area contributed by atoms with Gasteiger partial charge in [0, 0.05) is 31.2 Å². The number of rotatable bonds is 5. The monoisotopic (exact) mass is 376 g/mol. The van der Waals surface area contributed by atoms with Crippen molar-refractivity contribution in [3.05, 3.63) is 59.9 Å². The summed E-state index contributed by atoms with van der Waals surface area (Å²) in [5.41, 5.74) is 4.25. The summed E-state index contributed by atoms with van der Waals surface area (Å²) in [4.78, 5) is 19.4. The average Bonchev–Trinajstić information content (AvgIpc) is 3.04. The molecule has 146 valence electrons. The van der Waals surface area contributed by atoms with Gasteiger partial charge in [0.25, 0.3) is 0 Å². The number of hydrogen-bond donors (Lipinski definition) is 1. The lowest BCUT2D eigenvalue weighted by atomic mass is 10.1. The van der Waals surface area contributed by atoms with Gasteiger partial charge in [-0.15, -0.1) is 0 Å². The van der Waals surface area contributed by atoms with Crippen molar-refractivity contribution >= 4 is 22.6 Å². The summed E-state index contributed by atoms with van der Waals surface area (Å²) in [5.74, 6) is 1.50. The lowest BCUT2D eigenvalue weighted by Crippen LogP contribution is -2.35. The van der Waals surface area contributed by atoms with Gasteiger partial charge in [-0.3, -0.25) is 9.69 Å². The van der Waals surface area contributed by atoms with Crippen LogP contribution in [0.3, 0.4) is 0 Å². The van der Waals surface area contributed by atoms with Crippen molar-refractivity contribution in [1.82, 2.24) is 14.5 Å². The van der Waals surface area contributed by atoms with Gasteiger partial charge >= 0.3 is 0 Å². The number of carbonyl (C=O) groups excluding carboxylic acids is 1. The van der Waals surface area contributed by atoms with Crippen LogP contribution in [0.5, 0.6) is 0 Å². The Morgan fingerprint density at radius 2 is 1.89 bits per heavy atom. The zero-order valence-electron chi connectivity index (χ0n) is 16.9. The first-order chi connectivity index (χ1) is 13.5. The lowest BCUT2D eigenvalue weighted by molar-refractivity contribution is -0.116. The number of carbonyl (C=O) groups is 1. The number of imidazole rings is 1. The molecule has 0 aliphatic carbocycles. The Hall–Kier alpha value is -2.66. The van der Waals surface area contributed by atoms with E-state index < -0.39 is 0 Å². The smallest absolute Gasteiger partial charge is 0.224 e. The number of aromatic nitrogens is 2. The summed E-state index contributed by atoms with van der Waals surface area (Å²) in [6, 6.07) is 17.0. The van der Waals surface area contributed by atoms with Crippen LogP contribution < -0.4 is 5.32 Å². The normalized spacial score (nSPS) is 15.6. The van der Waals surface area contributed by atoms with Gasteiger partial charge in [-0.2, -0.15) is 0 Å². The SMILES string of the molecule is CC(C)CC(=O)Nc1ccc2c(c1)nc1n2CCN(C(C)c2ccccc2)C1. The average molecular weight is 377 g/mol. The summed E-state index contributed by atoms with van der Waals surface area (Å²) < 4.78 is 2.31. The van der Waals surface area contributed by atoms with E-state index in [0.717, 1.165) is 42.2 Å². The molecule has 0 saturated carbocycles. The largest absolute Gasteiger partial charge is 0.326 e. The number of anilines is 1. The highest BCUT2D eigenvalue weighted by molar-refractivity contribution is 5.93. The molecule has 1 aliphatic heterocycles. The molecule has 5 heteroatoms. The molecule has 2 aromatic carbocycles. The molecule has 4 rings (SSSR count). The second-order valence-electron chi connectivity index (χ2n) is 8.09. The van der Waals surface area contributed by atoms with Crippen molar-refractivity contribution in [2.45, 2.75) is 46.3 Å². The molecule has 0 fully saturated rings. The van der Waals surface area contributed by atoms with E-state index in [1.807, 2.05) is 12.1 Å². The van der Waals surface area contributed by atoms with Crippen LogP contribution in [0.15, 0.2) is 48.5 Å². The van der Waals surface area contributed by atoms with Crippen LogP contribution in [-0.4, -0.2) is 26.9 Å². The summed E-state index contributed by atoms with van der Waals surface area (Å²) in [6.07, 6.45) is 0.532. The first kappa shape index (κ1) is 18.7. The Bertz CT molecular complexity index is 977. The molecule has 28 heavy (non-hydrogen) atoms. The van der Waals surface area contributed by atoms with E-state index in [1.165, 1.54) is 5.56 Å². The fourth-order valence-electron chi connectivity index (χ4n) is 3.97. The van der Waals surface area contributed by atoms with Crippen molar-refractivity contribution in [1.29, 1.82) is 0 Å². The third-order valence-corrected chi connectivity index (χ3v) is 5.49. The van der Waals surface area contributed by atoms with Crippen molar-refractivity contribution in [2.75, 3.05) is 11.9 Å². The van der Waals surface area contributed by atoms with Gasteiger partial charge in [0.15, 0.2) is 0 Å². The third kappa shape index (κ3) is 3.80. The second kappa shape index (κ2) is 7.76. The number of amides is 1. The molecular formula is C23H28N4O. The molecule has 0 saturated heterocycles. The summed E-state index contributed by atoms with van der Waals surface area (Å²) in [5, 5.41) is 3.00. The van der Waals surface area contributed by atoms with E-state index >= 15 is 0 Å². The highest BCUT2D eigenvalue weighted by Crippen LogP contribution is 2.28. The molecule has 0 bridgehead atoms. The van der Waals surface area contributed by atoms with E-state index in [1.54, 1.807) is 0 Å². The number of benzene rings is 2. The molecule has 0 spiro atoms. The van der Waals surface area contributed by atoms with Crippen molar-refractivity contribution in [3.63, 3.8) is 0 Å². The molecule has 3 aromatic rings. The molecule has 2 heterocycles. The Kier molecular flexibility index (Phi) is 5.18. The maximum atomic E-state index is 12.1. The van der Waals surface area contributed by atoms with Gasteiger partial charge in [-0.1, -0.05) is 44.2 Å². The minimum atomic E-state index is 0.0567. The van der Waals surface area contributed by atoms with Crippen LogP contribution in [0, 0.1) is 5.92 Å². The van der Waals surface area contributed by atoms with Crippen LogP contribution in [0.25, 0.3) is 11.0 Å². The van der Waals surface area contributed by atoms with Gasteiger partial charge in [-0.25, -0.2) is 4.98 Å². The Morgan fingerprint density at radius 3 is 2.64 bits per heavy atom. The fourth-order valence-corrected chi connectivity index (χ4v) is 3.97. The molecule has 1 atom stereocenters. The topological polar surface area (TPSA) is 50.2 Å². The van der Waals surface area contributed by atoms with Gasteiger partial charge in [0.1, 0.15) is 5.82 Å². The number of fused-ring (bicyclic) bond motifs is 3. The summed E-state index contributed by atoms with van der Waals surface area (Å²) in [7, 11) is 0. The summed E-state index contributed by atoms with van der Waals surface area (Å²) in [6.45, 7) is 9.13. The highest BCUT2D eigenvalue weighted by Gasteiger charge is 2.24. The van der Waals surface area contributed by atoms with E-state index in [2.05, 4.69) is 72.0 Å². The quantitative estimate of drug-likeness (QED) is 0.708. The van der Waals surface area contributed by atoms with E-state index in [0.29, 0.717) is 18.4 Å². The van der Waals surface area contributed by atoms with E-state index in [4.69, 9.17) is 4.98 Å². The van der Waals surface area contributed by atoms with Gasteiger partial charge in [-0.05, 0) is 36.6 Å². The van der Waals surface area contributed by atoms with Gasteiger partial charge < -0.3 is 9.88 Å². The van der Waals surface area contributed by atoms with Crippen LogP contribution in [0.4, 0.5) is 5.69 Å². The molecule has 1 unspecified atom stereocenters. The van der Waals surface area contributed by atoms with Crippen LogP contribution in [0.1, 0.15) is 44.6 Å². The predicted octanol–water partition coefficient (Wildman–Crippen LogP) is 4.60. The molecular weight excluding hydrogens is 348 g/mol. The Labute approximate surface area is 166 Å². The zero-order valence-corrected chi connectivity index (χ0v) is 16.9. The minimum Gasteiger partial charge on any atom is -0.326 e. The number of nitrogens with one attached hydrogen (secondary N) is 1. The van der Waals surface area contributed by atoms with Crippen molar-refractivity contribution in [3.8, 4) is 0 Å². The highest BCUT2D eigenvalue weighted by atomic mass is 16.1. The lowest BCUT2D eigenvalue weighted by Gasteiger charge is -2.33. The predicted molar refractivity (Wildman–Crippen MR) is 113 cm³/mol. The van der Waals surface area contributed by atoms with Crippen molar-refractivity contribution in [2.24, 2.45) is 5.92 Å². The molecule has 1 aliphatic rings. The van der Waals surface area contributed by atoms with Crippen molar-refractivity contribution < 1.29 is 4.79 Å². The first-order valence-corrected chi connectivity index (χ1v) is 10.1. The molecule has 1 N–H and O–H groups in total. The summed E-state index contributed by atoms with van der Waals surface area (Å²) >= 11 is 0. The molecule has 5 nitrogen and oxygen atoms in total. The maximum absolute atomic E-state index is 12.1. The van der Waals surface area contributed by atoms with E-state index in [-0.39, 0.29) is 5.91 Å². The van der Waals surface area contributed by atoms with Gasteiger partial charge in [0.05, 0.1) is 17.6 Å². The van der Waals surface area contributed by atoms with Crippen LogP contribution in [-0.2, 0) is 17.9 Å². The third-order valence-electron chi connectivity index (χ3n) is 5.49. The van der Waals surface area contributed by atoms with E-state index in [9.17, 15) is 4.79 Å². The standard InChI is InChI=1S/C23H28N4O/c1-16(2)13-23(28)24-19-9-10-21-20(14-19)25-22-15-26(11-12-27(21)22)17(3)18-7-5-4-6-8-18/h4-10,14,16-17H,11-13,15H2,1-3H3,(H,24,28). The Morgan fingerprint density at radius 1 is 1.11 bits per heavy atom. The Balaban J connectivity index is 1.54. The van der Waals surface area contributed by atoms with Gasteiger partial charge in [0.2, 0.25) is 5.91 Å².